The zero-order valence-corrected chi connectivity index (χ0v) is 35.2. The summed E-state index contributed by atoms with van der Waals surface area (Å²) in [7, 11) is -0.668. The number of esters is 2. The van der Waals surface area contributed by atoms with E-state index in [1.807, 2.05) is 118 Å². The summed E-state index contributed by atoms with van der Waals surface area (Å²) in [6.07, 6.45) is -0.738. The maximum Gasteiger partial charge on any atom is 0.358 e. The van der Waals surface area contributed by atoms with Crippen LogP contribution in [0, 0.1) is 11.3 Å². The second-order valence-electron chi connectivity index (χ2n) is 15.3. The fraction of sp³-hybridized carbons (Fsp3) is 0.333. The molecule has 0 saturated carbocycles. The number of nitrogens with one attached hydrogen (secondary N) is 1. The summed E-state index contributed by atoms with van der Waals surface area (Å²) in [6, 6.07) is 31.0. The number of thiophene rings is 1. The lowest BCUT2D eigenvalue weighted by molar-refractivity contribution is -0.171. The molecule has 0 bridgehead atoms. The Morgan fingerprint density at radius 2 is 1.29 bits per heavy atom. The molecule has 4 aromatic rings. The van der Waals surface area contributed by atoms with Gasteiger partial charge in [-0.15, -0.1) is 11.3 Å². The van der Waals surface area contributed by atoms with Gasteiger partial charge in [0.05, 0.1) is 33.2 Å². The van der Waals surface area contributed by atoms with Crippen molar-refractivity contribution in [2.45, 2.75) is 65.9 Å². The number of hydrogen-bond donors (Lipinski definition) is 1. The Hall–Kier alpha value is -4.61. The minimum absolute atomic E-state index is 0.0550. The zero-order valence-electron chi connectivity index (χ0n) is 32.5. The number of ether oxygens (including phenoxy) is 2. The summed E-state index contributed by atoms with van der Waals surface area (Å²) in [4.78, 5) is 71.6. The quantitative estimate of drug-likeness (QED) is 0.0414. The molecule has 55 heavy (non-hydrogen) atoms. The molecule has 1 saturated heterocycles. The monoisotopic (exact) mass is 800 g/mol. The molecule has 3 atom stereocenters. The normalized spacial score (nSPS) is 16.4. The maximum absolute atomic E-state index is 15.1. The number of hydrogen-bond acceptors (Lipinski definition) is 9. The third-order valence-corrected chi connectivity index (χ3v) is 15.6. The summed E-state index contributed by atoms with van der Waals surface area (Å²) >= 11 is 1.07. The van der Waals surface area contributed by atoms with Gasteiger partial charge < -0.3 is 24.1 Å². The van der Waals surface area contributed by atoms with Gasteiger partial charge in [0.15, 0.2) is 14.1 Å². The fourth-order valence-corrected chi connectivity index (χ4v) is 13.4. The van der Waals surface area contributed by atoms with Crippen LogP contribution < -0.4 is 21.2 Å². The Morgan fingerprint density at radius 1 is 0.800 bits per heavy atom. The van der Waals surface area contributed by atoms with Crippen LogP contribution in [0.25, 0.3) is 0 Å². The number of ketones is 1. The van der Waals surface area contributed by atoms with E-state index in [0.717, 1.165) is 27.3 Å². The average Bonchev–Trinajstić information content (AvgIpc) is 3.65. The summed E-state index contributed by atoms with van der Waals surface area (Å²) < 4.78 is 17.8. The van der Waals surface area contributed by atoms with Crippen LogP contribution in [0.15, 0.2) is 103 Å². The molecule has 1 N–H and O–H groups in total. The molecule has 1 aliphatic heterocycles. The van der Waals surface area contributed by atoms with Crippen molar-refractivity contribution in [3.63, 3.8) is 0 Å². The van der Waals surface area contributed by atoms with E-state index in [0.29, 0.717) is 9.75 Å². The highest BCUT2D eigenvalue weighted by Gasteiger charge is 2.56. The third kappa shape index (κ3) is 8.94. The number of amides is 2. The highest BCUT2D eigenvalue weighted by atomic mass is 32.1. The predicted molar refractivity (Wildman–Crippen MR) is 221 cm³/mol. The van der Waals surface area contributed by atoms with Crippen molar-refractivity contribution in [2.24, 2.45) is 11.3 Å². The SMILES string of the molecule is CNC(=O)c1ccc(C(=O)CC2C(C(C)O[Si](C)(C)C)C(=O)N2C(C(=O)OCOC(=O)C(C)(C)C)=P(c2ccccc2)(c2ccccc2)c2ccccc2)s1. The highest BCUT2D eigenvalue weighted by Crippen LogP contribution is 2.50. The standard InChI is InChI=1S/C42H49N2O8PSSi/c1-28(52-55(6,7)8)36-32(26-33(45)34-24-25-35(54-34)37(46)43-5)44(38(36)47)39(40(48)50-27-51-41(49)42(2,3)4)53(29-18-12-9-13-19-29,30-20-14-10-15-21-30)31-22-16-11-17-23-31/h9-25,28,32,36H,26-27H2,1-8H3,(H,43,46). The van der Waals surface area contributed by atoms with Gasteiger partial charge in [-0.3, -0.25) is 19.2 Å². The number of rotatable bonds is 14. The first-order chi connectivity index (χ1) is 26.0. The number of carbonyl (C=O) groups is 5. The Kier molecular flexibility index (Phi) is 12.9. The first-order valence-corrected chi connectivity index (χ1v) is 24.2. The van der Waals surface area contributed by atoms with Crippen LogP contribution in [0.4, 0.5) is 0 Å². The van der Waals surface area contributed by atoms with Crippen molar-refractivity contribution in [3.8, 4) is 0 Å². The second-order valence-corrected chi connectivity index (χ2v) is 24.2. The van der Waals surface area contributed by atoms with Gasteiger partial charge in [-0.25, -0.2) is 4.79 Å². The molecule has 2 amide bonds. The van der Waals surface area contributed by atoms with E-state index in [1.165, 1.54) is 11.9 Å². The molecule has 3 aromatic carbocycles. The van der Waals surface area contributed by atoms with Gasteiger partial charge >= 0.3 is 11.9 Å². The lowest BCUT2D eigenvalue weighted by Gasteiger charge is -2.52. The van der Waals surface area contributed by atoms with Crippen molar-refractivity contribution < 1.29 is 37.9 Å². The summed E-state index contributed by atoms with van der Waals surface area (Å²) in [5.74, 6) is -3.18. The number of Topliss-reactive ketones (excluding diaryl/α,β-unsaturated/α-hetero) is 1. The molecule has 2 heterocycles. The summed E-state index contributed by atoms with van der Waals surface area (Å²) in [5, 5.41) is 4.90. The Balaban J connectivity index is 1.80. The van der Waals surface area contributed by atoms with E-state index in [1.54, 1.807) is 32.9 Å². The van der Waals surface area contributed by atoms with Crippen molar-refractivity contribution >= 4 is 77.4 Å². The number of likely N-dealkylation sites (tertiary alicyclic amines) is 1. The molecule has 290 valence electrons. The van der Waals surface area contributed by atoms with E-state index in [-0.39, 0.29) is 29.4 Å². The molecule has 0 radical (unpaired) electrons. The Bertz CT molecular complexity index is 1990. The van der Waals surface area contributed by atoms with Gasteiger partial charge in [-0.1, -0.05) is 91.0 Å². The van der Waals surface area contributed by atoms with Gasteiger partial charge in [-0.05, 0) is 75.4 Å². The lowest BCUT2D eigenvalue weighted by Crippen LogP contribution is -2.69. The molecule has 5 rings (SSSR count). The van der Waals surface area contributed by atoms with Gasteiger partial charge in [0.1, 0.15) is 5.42 Å². The van der Waals surface area contributed by atoms with Gasteiger partial charge in [0, 0.05) is 20.4 Å². The molecular weight excluding hydrogens is 752 g/mol. The van der Waals surface area contributed by atoms with Crippen LogP contribution in [0.3, 0.4) is 0 Å². The predicted octanol–water partition coefficient (Wildman–Crippen LogP) is 5.96. The highest BCUT2D eigenvalue weighted by molar-refractivity contribution is 7.96. The maximum atomic E-state index is 15.1. The van der Waals surface area contributed by atoms with Crippen LogP contribution >= 0.6 is 18.2 Å². The van der Waals surface area contributed by atoms with Gasteiger partial charge in [0.25, 0.3) is 5.91 Å². The minimum Gasteiger partial charge on any atom is -0.427 e. The minimum atomic E-state index is -3.33. The van der Waals surface area contributed by atoms with Crippen LogP contribution in [0.2, 0.25) is 19.6 Å². The fourth-order valence-electron chi connectivity index (χ4n) is 6.80. The number of β-lactam (4-membered cyclic amide) rings is 1. The number of benzene rings is 3. The molecule has 10 nitrogen and oxygen atoms in total. The molecular formula is C42H49N2O8PSSi. The summed E-state index contributed by atoms with van der Waals surface area (Å²) in [5.41, 5.74) is -0.800. The molecule has 1 fully saturated rings. The first-order valence-electron chi connectivity index (χ1n) is 18.1. The van der Waals surface area contributed by atoms with E-state index in [9.17, 15) is 19.2 Å². The largest absolute Gasteiger partial charge is 0.427 e. The van der Waals surface area contributed by atoms with Gasteiger partial charge in [-0.2, -0.15) is 0 Å². The third-order valence-electron chi connectivity index (χ3n) is 9.19. The lowest BCUT2D eigenvalue weighted by atomic mass is 9.80. The van der Waals surface area contributed by atoms with Crippen molar-refractivity contribution in [2.75, 3.05) is 13.8 Å². The van der Waals surface area contributed by atoms with E-state index >= 15 is 4.79 Å². The van der Waals surface area contributed by atoms with E-state index < -0.39 is 57.4 Å². The molecule has 0 aliphatic carbocycles. The number of nitrogens with zero attached hydrogens (tertiary/aromatic N) is 1. The molecule has 13 heteroatoms. The number of carbonyl (C=O) groups excluding carboxylic acids is 5. The van der Waals surface area contributed by atoms with E-state index in [4.69, 9.17) is 13.9 Å². The molecule has 1 aromatic heterocycles. The van der Waals surface area contributed by atoms with Crippen molar-refractivity contribution in [1.82, 2.24) is 10.2 Å². The van der Waals surface area contributed by atoms with Crippen LogP contribution in [0.1, 0.15) is 53.5 Å². The van der Waals surface area contributed by atoms with Crippen molar-refractivity contribution in [3.05, 3.63) is 113 Å². The van der Waals surface area contributed by atoms with Gasteiger partial charge in [0.2, 0.25) is 12.7 Å². The smallest absolute Gasteiger partial charge is 0.358 e. The topological polar surface area (TPSA) is 128 Å². The Labute approximate surface area is 328 Å². The first kappa shape index (κ1) is 41.5. The van der Waals surface area contributed by atoms with E-state index in [2.05, 4.69) is 5.32 Å². The second kappa shape index (κ2) is 17.0. The average molecular weight is 801 g/mol. The molecule has 1 aliphatic rings. The van der Waals surface area contributed by atoms with Crippen LogP contribution in [-0.2, 0) is 28.3 Å². The Morgan fingerprint density at radius 3 is 1.75 bits per heavy atom. The molecule has 3 unspecified atom stereocenters. The zero-order chi connectivity index (χ0) is 40.1. The summed E-state index contributed by atoms with van der Waals surface area (Å²) in [6.45, 7) is 9.00. The molecule has 0 spiro atoms. The van der Waals surface area contributed by atoms with Crippen LogP contribution in [-0.4, -0.2) is 74.2 Å². The van der Waals surface area contributed by atoms with Crippen LogP contribution in [0.5, 0.6) is 0 Å². The van der Waals surface area contributed by atoms with Crippen molar-refractivity contribution in [1.29, 1.82) is 0 Å².